The number of carboxylic acids is 1. The van der Waals surface area contributed by atoms with Crippen LogP contribution in [0.2, 0.25) is 0 Å². The van der Waals surface area contributed by atoms with Crippen LogP contribution in [0.25, 0.3) is 0 Å². The van der Waals surface area contributed by atoms with Crippen molar-refractivity contribution in [3.63, 3.8) is 0 Å². The van der Waals surface area contributed by atoms with Crippen molar-refractivity contribution in [1.29, 1.82) is 0 Å². The molecule has 0 aliphatic carbocycles. The minimum Gasteiger partial charge on any atom is -0.494 e. The van der Waals surface area contributed by atoms with Crippen LogP contribution in [0.5, 0.6) is 11.5 Å². The van der Waals surface area contributed by atoms with Crippen molar-refractivity contribution >= 4 is 23.5 Å². The van der Waals surface area contributed by atoms with Crippen LogP contribution < -0.4 is 9.47 Å². The molecule has 1 aromatic carbocycles. The highest BCUT2D eigenvalue weighted by Gasteiger charge is 2.05. The molecule has 1 rings (SSSR count). The number of carboxylic acid groups (broad SMARTS) is 1. The van der Waals surface area contributed by atoms with Gasteiger partial charge in [0.15, 0.2) is 5.78 Å². The van der Waals surface area contributed by atoms with Gasteiger partial charge in [0, 0.05) is 5.75 Å². The second-order valence-electron chi connectivity index (χ2n) is 3.93. The Hall–Kier alpha value is -1.69. The maximum absolute atomic E-state index is 11.5. The molecule has 20 heavy (non-hydrogen) atoms. The zero-order valence-electron chi connectivity index (χ0n) is 11.3. The Morgan fingerprint density at radius 2 is 1.75 bits per heavy atom. The largest absolute Gasteiger partial charge is 0.494 e. The van der Waals surface area contributed by atoms with E-state index in [9.17, 15) is 9.59 Å². The van der Waals surface area contributed by atoms with Gasteiger partial charge in [-0.3, -0.25) is 9.59 Å². The van der Waals surface area contributed by atoms with Crippen LogP contribution in [0.4, 0.5) is 0 Å². The van der Waals surface area contributed by atoms with E-state index in [4.69, 9.17) is 14.6 Å². The van der Waals surface area contributed by atoms with E-state index in [0.717, 1.165) is 5.75 Å². The highest BCUT2D eigenvalue weighted by Crippen LogP contribution is 2.17. The topological polar surface area (TPSA) is 72.8 Å². The average molecular weight is 298 g/mol. The van der Waals surface area contributed by atoms with Crippen molar-refractivity contribution in [2.24, 2.45) is 0 Å². The average Bonchev–Trinajstić information content (AvgIpc) is 2.43. The van der Waals surface area contributed by atoms with E-state index in [-0.39, 0.29) is 24.6 Å². The number of benzene rings is 1. The van der Waals surface area contributed by atoms with Crippen LogP contribution in [-0.4, -0.2) is 41.6 Å². The first-order valence-electron chi connectivity index (χ1n) is 6.28. The van der Waals surface area contributed by atoms with E-state index < -0.39 is 5.97 Å². The third-order valence-electron chi connectivity index (χ3n) is 2.26. The van der Waals surface area contributed by atoms with E-state index in [2.05, 4.69) is 0 Å². The van der Waals surface area contributed by atoms with E-state index in [1.54, 1.807) is 24.3 Å². The van der Waals surface area contributed by atoms with Crippen molar-refractivity contribution in [1.82, 2.24) is 0 Å². The molecule has 0 spiro atoms. The molecule has 0 aliphatic heterocycles. The monoisotopic (exact) mass is 298 g/mol. The zero-order chi connectivity index (χ0) is 14.8. The lowest BCUT2D eigenvalue weighted by atomic mass is 10.3. The van der Waals surface area contributed by atoms with Crippen LogP contribution in [0.15, 0.2) is 24.3 Å². The molecule has 0 atom stereocenters. The van der Waals surface area contributed by atoms with Gasteiger partial charge in [0.05, 0.1) is 18.8 Å². The Morgan fingerprint density at radius 1 is 1.15 bits per heavy atom. The molecular weight excluding hydrogens is 280 g/mol. The van der Waals surface area contributed by atoms with Gasteiger partial charge in [0.1, 0.15) is 18.1 Å². The zero-order valence-corrected chi connectivity index (χ0v) is 12.1. The quantitative estimate of drug-likeness (QED) is 0.668. The summed E-state index contributed by atoms with van der Waals surface area (Å²) in [7, 11) is 0. The molecule has 1 aromatic rings. The molecule has 0 bridgehead atoms. The SMILES string of the molecule is CCOc1ccc(OCC(=O)CSCCC(=O)O)cc1. The third kappa shape index (κ3) is 7.04. The predicted octanol–water partition coefficient (Wildman–Crippen LogP) is 2.24. The lowest BCUT2D eigenvalue weighted by molar-refractivity contribution is -0.136. The van der Waals surface area contributed by atoms with Gasteiger partial charge < -0.3 is 14.6 Å². The molecule has 0 unspecified atom stereocenters. The standard InChI is InChI=1S/C14H18O5S/c1-2-18-12-3-5-13(6-4-12)19-9-11(15)10-20-8-7-14(16)17/h3-6H,2,7-10H2,1H3,(H,16,17). The van der Waals surface area contributed by atoms with Crippen LogP contribution in [0.1, 0.15) is 13.3 Å². The van der Waals surface area contributed by atoms with Gasteiger partial charge in [-0.25, -0.2) is 0 Å². The van der Waals surface area contributed by atoms with Gasteiger partial charge in [0.25, 0.3) is 0 Å². The Kier molecular flexibility index (Phi) is 7.57. The fourth-order valence-corrected chi connectivity index (χ4v) is 2.12. The number of ketones is 1. The minimum absolute atomic E-state index is 0.00590. The molecular formula is C14H18O5S. The summed E-state index contributed by atoms with van der Waals surface area (Å²) in [5.41, 5.74) is 0. The Morgan fingerprint density at radius 3 is 2.30 bits per heavy atom. The van der Waals surface area contributed by atoms with Gasteiger partial charge in [-0.1, -0.05) is 0 Å². The van der Waals surface area contributed by atoms with Gasteiger partial charge in [-0.05, 0) is 31.2 Å². The summed E-state index contributed by atoms with van der Waals surface area (Å²) in [4.78, 5) is 21.8. The van der Waals surface area contributed by atoms with Gasteiger partial charge in [0.2, 0.25) is 0 Å². The second kappa shape index (κ2) is 9.25. The maximum Gasteiger partial charge on any atom is 0.304 e. The summed E-state index contributed by atoms with van der Waals surface area (Å²) in [5, 5.41) is 8.46. The summed E-state index contributed by atoms with van der Waals surface area (Å²) < 4.78 is 10.6. The van der Waals surface area contributed by atoms with Crippen LogP contribution >= 0.6 is 11.8 Å². The summed E-state index contributed by atoms with van der Waals surface area (Å²) >= 11 is 1.30. The van der Waals surface area contributed by atoms with Crippen LogP contribution in [0, 0.1) is 0 Å². The smallest absolute Gasteiger partial charge is 0.304 e. The maximum atomic E-state index is 11.5. The first kappa shape index (κ1) is 16.4. The predicted molar refractivity (Wildman–Crippen MR) is 77.7 cm³/mol. The molecule has 5 nitrogen and oxygen atoms in total. The molecule has 0 heterocycles. The van der Waals surface area contributed by atoms with Gasteiger partial charge >= 0.3 is 5.97 Å². The Balaban J connectivity index is 2.21. The second-order valence-corrected chi connectivity index (χ2v) is 5.03. The highest BCUT2D eigenvalue weighted by atomic mass is 32.2. The van der Waals surface area contributed by atoms with Gasteiger partial charge in [-0.15, -0.1) is 0 Å². The van der Waals surface area contributed by atoms with Crippen molar-refractivity contribution < 1.29 is 24.2 Å². The summed E-state index contributed by atoms with van der Waals surface area (Å²) in [6, 6.07) is 7.06. The molecule has 0 aromatic heterocycles. The lowest BCUT2D eigenvalue weighted by Crippen LogP contribution is -2.14. The molecule has 0 fully saturated rings. The molecule has 0 saturated heterocycles. The van der Waals surface area contributed by atoms with Gasteiger partial charge in [-0.2, -0.15) is 11.8 Å². The summed E-state index contributed by atoms with van der Waals surface area (Å²) in [6.07, 6.45) is 0.0672. The summed E-state index contributed by atoms with van der Waals surface area (Å²) in [6.45, 7) is 2.51. The number of Topliss-reactive ketones (excluding diaryl/α,β-unsaturated/α-hetero) is 1. The number of hydrogen-bond acceptors (Lipinski definition) is 5. The van der Waals surface area contributed by atoms with Crippen molar-refractivity contribution in [3.05, 3.63) is 24.3 Å². The fourth-order valence-electron chi connectivity index (χ4n) is 1.35. The summed E-state index contributed by atoms with van der Waals surface area (Å²) in [5.74, 6) is 1.16. The number of hydrogen-bond donors (Lipinski definition) is 1. The van der Waals surface area contributed by atoms with E-state index in [1.807, 2.05) is 6.92 Å². The van der Waals surface area contributed by atoms with Crippen LogP contribution in [-0.2, 0) is 9.59 Å². The first-order chi connectivity index (χ1) is 9.61. The molecule has 0 radical (unpaired) electrons. The molecule has 110 valence electrons. The number of rotatable bonds is 10. The Bertz CT molecular complexity index is 430. The Labute approximate surface area is 122 Å². The minimum atomic E-state index is -0.851. The van der Waals surface area contributed by atoms with E-state index in [0.29, 0.717) is 18.1 Å². The molecule has 0 amide bonds. The van der Waals surface area contributed by atoms with Crippen molar-refractivity contribution in [2.75, 3.05) is 24.7 Å². The third-order valence-corrected chi connectivity index (χ3v) is 3.28. The number of thioether (sulfide) groups is 1. The number of carbonyl (C=O) groups is 2. The first-order valence-corrected chi connectivity index (χ1v) is 7.44. The van der Waals surface area contributed by atoms with Crippen LogP contribution in [0.3, 0.4) is 0 Å². The van der Waals surface area contributed by atoms with E-state index >= 15 is 0 Å². The molecule has 0 saturated carbocycles. The lowest BCUT2D eigenvalue weighted by Gasteiger charge is -2.07. The number of ether oxygens (including phenoxy) is 2. The molecule has 0 aliphatic rings. The van der Waals surface area contributed by atoms with Crippen molar-refractivity contribution in [2.45, 2.75) is 13.3 Å². The number of aliphatic carboxylic acids is 1. The normalized spacial score (nSPS) is 10.1. The molecule has 6 heteroatoms. The van der Waals surface area contributed by atoms with Crippen molar-refractivity contribution in [3.8, 4) is 11.5 Å². The molecule has 1 N–H and O–H groups in total. The fraction of sp³-hybridized carbons (Fsp3) is 0.429. The number of carbonyl (C=O) groups excluding carboxylic acids is 1. The van der Waals surface area contributed by atoms with E-state index in [1.165, 1.54) is 11.8 Å². The highest BCUT2D eigenvalue weighted by molar-refractivity contribution is 7.99.